The van der Waals surface area contributed by atoms with Gasteiger partial charge in [-0.2, -0.15) is 0 Å². The Labute approximate surface area is 184 Å². The molecule has 0 saturated carbocycles. The third kappa shape index (κ3) is 3.54. The standard InChI is InChI=1S/C27H19FN2O2/c28-24-16-18(14-15-23(24)26(31)29-20-9-2-1-3-10-20)27(32)30-17-19-8-4-5-11-21(19)22-12-6-7-13-25(22)30/h1-16H,17H2,(H,29,31). The minimum Gasteiger partial charge on any atom is -0.322 e. The molecule has 5 rings (SSSR count). The fraction of sp³-hybridized carbons (Fsp3) is 0.0370. The largest absolute Gasteiger partial charge is 0.322 e. The number of fused-ring (bicyclic) bond motifs is 3. The molecule has 0 bridgehead atoms. The molecule has 0 aliphatic carbocycles. The van der Waals surface area contributed by atoms with Crippen molar-refractivity contribution in [2.45, 2.75) is 6.54 Å². The summed E-state index contributed by atoms with van der Waals surface area (Å²) in [5.74, 6) is -1.62. The number of benzene rings is 4. The van der Waals surface area contributed by atoms with E-state index in [9.17, 15) is 14.0 Å². The van der Waals surface area contributed by atoms with Crippen LogP contribution in [0.3, 0.4) is 0 Å². The van der Waals surface area contributed by atoms with Gasteiger partial charge in [-0.05, 0) is 47.5 Å². The summed E-state index contributed by atoms with van der Waals surface area (Å²) in [6.45, 7) is 0.393. The third-order valence-corrected chi connectivity index (χ3v) is 5.57. The Morgan fingerprint density at radius 2 is 1.47 bits per heavy atom. The highest BCUT2D eigenvalue weighted by atomic mass is 19.1. The lowest BCUT2D eigenvalue weighted by Gasteiger charge is -2.31. The number of nitrogens with zero attached hydrogens (tertiary/aromatic N) is 1. The van der Waals surface area contributed by atoms with Crippen LogP contribution in [0.25, 0.3) is 11.1 Å². The summed E-state index contributed by atoms with van der Waals surface area (Å²) in [5, 5.41) is 2.66. The number of carbonyl (C=O) groups excluding carboxylic acids is 2. The van der Waals surface area contributed by atoms with Crippen molar-refractivity contribution < 1.29 is 14.0 Å². The number of para-hydroxylation sites is 2. The monoisotopic (exact) mass is 422 g/mol. The number of hydrogen-bond acceptors (Lipinski definition) is 2. The van der Waals surface area contributed by atoms with Crippen molar-refractivity contribution in [2.24, 2.45) is 0 Å². The molecular weight excluding hydrogens is 403 g/mol. The first kappa shape index (κ1) is 19.7. The first-order valence-electron chi connectivity index (χ1n) is 10.3. The molecule has 4 aromatic carbocycles. The van der Waals surface area contributed by atoms with E-state index in [1.165, 1.54) is 12.1 Å². The van der Waals surface area contributed by atoms with E-state index < -0.39 is 11.7 Å². The normalized spacial score (nSPS) is 12.0. The van der Waals surface area contributed by atoms with Gasteiger partial charge in [0.05, 0.1) is 17.8 Å². The molecule has 156 valence electrons. The first-order chi connectivity index (χ1) is 15.6. The zero-order valence-electron chi connectivity index (χ0n) is 17.1. The molecule has 2 amide bonds. The van der Waals surface area contributed by atoms with E-state index in [1.54, 1.807) is 29.2 Å². The molecule has 1 aliphatic heterocycles. The van der Waals surface area contributed by atoms with Crippen LogP contribution in [0.2, 0.25) is 0 Å². The maximum atomic E-state index is 14.8. The Morgan fingerprint density at radius 1 is 0.781 bits per heavy atom. The molecule has 1 aliphatic rings. The Bertz CT molecular complexity index is 1330. The van der Waals surface area contributed by atoms with Gasteiger partial charge in [0.15, 0.2) is 0 Å². The maximum Gasteiger partial charge on any atom is 0.258 e. The van der Waals surface area contributed by atoms with Crippen LogP contribution in [-0.2, 0) is 6.54 Å². The number of anilines is 2. The molecule has 0 aromatic heterocycles. The second-order valence-corrected chi connectivity index (χ2v) is 7.58. The summed E-state index contributed by atoms with van der Waals surface area (Å²) in [4.78, 5) is 27.5. The van der Waals surface area contributed by atoms with Crippen LogP contribution in [0, 0.1) is 5.82 Å². The molecule has 4 aromatic rings. The van der Waals surface area contributed by atoms with Crippen LogP contribution in [-0.4, -0.2) is 11.8 Å². The molecule has 0 radical (unpaired) electrons. The van der Waals surface area contributed by atoms with Gasteiger partial charge in [-0.15, -0.1) is 0 Å². The molecule has 5 heteroatoms. The van der Waals surface area contributed by atoms with Crippen molar-refractivity contribution in [3.63, 3.8) is 0 Å². The molecule has 1 heterocycles. The average Bonchev–Trinajstić information content (AvgIpc) is 2.83. The predicted octanol–water partition coefficient (Wildman–Crippen LogP) is 5.91. The minimum atomic E-state index is -0.741. The second kappa shape index (κ2) is 8.12. The van der Waals surface area contributed by atoms with Crippen molar-refractivity contribution in [1.29, 1.82) is 0 Å². The Kier molecular flexibility index (Phi) is 5.00. The first-order valence-corrected chi connectivity index (χ1v) is 10.3. The molecule has 32 heavy (non-hydrogen) atoms. The van der Waals surface area contributed by atoms with Gasteiger partial charge in [-0.25, -0.2) is 4.39 Å². The summed E-state index contributed by atoms with van der Waals surface area (Å²) in [5.41, 5.74) is 4.50. The Hall–Kier alpha value is -4.25. The van der Waals surface area contributed by atoms with E-state index in [0.29, 0.717) is 12.2 Å². The third-order valence-electron chi connectivity index (χ3n) is 5.57. The van der Waals surface area contributed by atoms with Gasteiger partial charge in [-0.3, -0.25) is 9.59 Å². The highest BCUT2D eigenvalue weighted by molar-refractivity contribution is 6.10. The van der Waals surface area contributed by atoms with Gasteiger partial charge >= 0.3 is 0 Å². The molecular formula is C27H19FN2O2. The second-order valence-electron chi connectivity index (χ2n) is 7.58. The van der Waals surface area contributed by atoms with Crippen molar-refractivity contribution >= 4 is 23.2 Å². The Balaban J connectivity index is 1.44. The highest BCUT2D eigenvalue weighted by Gasteiger charge is 2.27. The van der Waals surface area contributed by atoms with Crippen LogP contribution in [0.4, 0.5) is 15.8 Å². The number of rotatable bonds is 3. The summed E-state index contributed by atoms with van der Waals surface area (Å²) in [6, 6.07) is 28.4. The van der Waals surface area contributed by atoms with Crippen molar-refractivity contribution in [1.82, 2.24) is 0 Å². The van der Waals surface area contributed by atoms with Gasteiger partial charge < -0.3 is 10.2 Å². The van der Waals surface area contributed by atoms with Gasteiger partial charge in [-0.1, -0.05) is 60.7 Å². The zero-order chi connectivity index (χ0) is 22.1. The molecule has 0 saturated heterocycles. The fourth-order valence-corrected chi connectivity index (χ4v) is 4.00. The average molecular weight is 422 g/mol. The summed E-state index contributed by atoms with van der Waals surface area (Å²) < 4.78 is 14.8. The van der Waals surface area contributed by atoms with E-state index in [1.807, 2.05) is 54.6 Å². The van der Waals surface area contributed by atoms with E-state index in [2.05, 4.69) is 5.32 Å². The number of carbonyl (C=O) groups is 2. The number of nitrogens with one attached hydrogen (secondary N) is 1. The van der Waals surface area contributed by atoms with Gasteiger partial charge in [0.25, 0.3) is 11.8 Å². The van der Waals surface area contributed by atoms with E-state index in [4.69, 9.17) is 0 Å². The SMILES string of the molecule is O=C(Nc1ccccc1)c1ccc(C(=O)N2Cc3ccccc3-c3ccccc32)cc1F. The van der Waals surface area contributed by atoms with Gasteiger partial charge in [0.1, 0.15) is 5.82 Å². The smallest absolute Gasteiger partial charge is 0.258 e. The Morgan fingerprint density at radius 3 is 2.25 bits per heavy atom. The summed E-state index contributed by atoms with van der Waals surface area (Å²) in [7, 11) is 0. The highest BCUT2D eigenvalue weighted by Crippen LogP contribution is 2.39. The van der Waals surface area contributed by atoms with E-state index >= 15 is 0 Å². The van der Waals surface area contributed by atoms with Crippen LogP contribution < -0.4 is 10.2 Å². The molecule has 0 unspecified atom stereocenters. The van der Waals surface area contributed by atoms with Crippen LogP contribution in [0.5, 0.6) is 0 Å². The number of hydrogen-bond donors (Lipinski definition) is 1. The quantitative estimate of drug-likeness (QED) is 0.447. The number of amides is 2. The van der Waals surface area contributed by atoms with Crippen molar-refractivity contribution in [3.8, 4) is 11.1 Å². The summed E-state index contributed by atoms with van der Waals surface area (Å²) in [6.07, 6.45) is 0. The van der Waals surface area contributed by atoms with Crippen LogP contribution in [0.1, 0.15) is 26.3 Å². The van der Waals surface area contributed by atoms with Crippen molar-refractivity contribution in [2.75, 3.05) is 10.2 Å². The lowest BCUT2D eigenvalue weighted by molar-refractivity contribution is 0.0980. The van der Waals surface area contributed by atoms with E-state index in [-0.39, 0.29) is 17.0 Å². The predicted molar refractivity (Wildman–Crippen MR) is 123 cm³/mol. The lowest BCUT2D eigenvalue weighted by Crippen LogP contribution is -2.33. The van der Waals surface area contributed by atoms with Crippen LogP contribution in [0.15, 0.2) is 97.1 Å². The lowest BCUT2D eigenvalue weighted by atomic mass is 9.93. The molecule has 1 N–H and O–H groups in total. The molecule has 0 spiro atoms. The van der Waals surface area contributed by atoms with Gasteiger partial charge in [0, 0.05) is 16.8 Å². The van der Waals surface area contributed by atoms with Crippen LogP contribution >= 0.6 is 0 Å². The van der Waals surface area contributed by atoms with Crippen molar-refractivity contribution in [3.05, 3.63) is 120 Å². The topological polar surface area (TPSA) is 49.4 Å². The van der Waals surface area contributed by atoms with Gasteiger partial charge in [0.2, 0.25) is 0 Å². The van der Waals surface area contributed by atoms with E-state index in [0.717, 1.165) is 28.4 Å². The molecule has 4 nitrogen and oxygen atoms in total. The molecule has 0 atom stereocenters. The fourth-order valence-electron chi connectivity index (χ4n) is 4.00. The number of halogens is 1. The summed E-state index contributed by atoms with van der Waals surface area (Å²) >= 11 is 0. The molecule has 0 fully saturated rings. The zero-order valence-corrected chi connectivity index (χ0v) is 17.1. The maximum absolute atomic E-state index is 14.8. The minimum absolute atomic E-state index is 0.116.